The Balaban J connectivity index is 2.48. The molecule has 1 rings (SSSR count). The zero-order chi connectivity index (χ0) is 11.1. The highest BCUT2D eigenvalue weighted by Gasteiger charge is 1.99. The number of rotatable bonds is 6. The van der Waals surface area contributed by atoms with Gasteiger partial charge in [0.25, 0.3) is 0 Å². The third kappa shape index (κ3) is 4.25. The van der Waals surface area contributed by atoms with Gasteiger partial charge in [0.1, 0.15) is 5.82 Å². The normalized spacial score (nSPS) is 10.7. The van der Waals surface area contributed by atoms with Gasteiger partial charge in [-0.15, -0.1) is 0 Å². The van der Waals surface area contributed by atoms with Crippen LogP contribution in [0, 0.1) is 0 Å². The molecule has 0 aliphatic carbocycles. The first-order valence-electron chi connectivity index (χ1n) is 5.49. The maximum atomic E-state index is 4.35. The summed E-state index contributed by atoms with van der Waals surface area (Å²) in [5.74, 6) is 0.861. The van der Waals surface area contributed by atoms with Gasteiger partial charge in [-0.3, -0.25) is 4.98 Å². The summed E-state index contributed by atoms with van der Waals surface area (Å²) in [6.45, 7) is 7.09. The van der Waals surface area contributed by atoms with Crippen molar-refractivity contribution in [1.82, 2.24) is 14.9 Å². The second kappa shape index (κ2) is 6.35. The van der Waals surface area contributed by atoms with E-state index in [0.717, 1.165) is 37.6 Å². The van der Waals surface area contributed by atoms with Gasteiger partial charge in [0, 0.05) is 13.1 Å². The maximum absolute atomic E-state index is 4.35. The van der Waals surface area contributed by atoms with E-state index in [9.17, 15) is 0 Å². The molecule has 0 fully saturated rings. The first-order chi connectivity index (χ1) is 7.26. The van der Waals surface area contributed by atoms with Crippen molar-refractivity contribution in [3.63, 3.8) is 0 Å². The van der Waals surface area contributed by atoms with Gasteiger partial charge in [0.2, 0.25) is 0 Å². The molecule has 0 atom stereocenters. The van der Waals surface area contributed by atoms with Gasteiger partial charge in [-0.25, -0.2) is 4.98 Å². The topological polar surface area (TPSA) is 41.1 Å². The molecule has 84 valence electrons. The molecule has 0 saturated carbocycles. The molecular weight excluding hydrogens is 188 g/mol. The molecule has 0 spiro atoms. The van der Waals surface area contributed by atoms with Crippen molar-refractivity contribution in [2.45, 2.75) is 26.8 Å². The van der Waals surface area contributed by atoms with E-state index in [1.54, 1.807) is 6.20 Å². The van der Waals surface area contributed by atoms with Gasteiger partial charge in [-0.1, -0.05) is 13.8 Å². The fourth-order valence-corrected chi connectivity index (χ4v) is 1.17. The Morgan fingerprint density at radius 3 is 2.60 bits per heavy atom. The molecule has 1 N–H and O–H groups in total. The first-order valence-corrected chi connectivity index (χ1v) is 5.49. The SMILES string of the molecule is CCCNc1cnc(CN(C)CC)cn1. The van der Waals surface area contributed by atoms with Crippen molar-refractivity contribution < 1.29 is 0 Å². The molecule has 0 aliphatic rings. The molecule has 1 aromatic rings. The number of hydrogen-bond acceptors (Lipinski definition) is 4. The summed E-state index contributed by atoms with van der Waals surface area (Å²) in [4.78, 5) is 10.9. The average molecular weight is 208 g/mol. The fraction of sp³-hybridized carbons (Fsp3) is 0.636. The molecule has 1 aromatic heterocycles. The van der Waals surface area contributed by atoms with E-state index in [0.29, 0.717) is 0 Å². The van der Waals surface area contributed by atoms with Crippen LogP contribution >= 0.6 is 0 Å². The predicted molar refractivity (Wildman–Crippen MR) is 62.8 cm³/mol. The van der Waals surface area contributed by atoms with Gasteiger partial charge in [0.05, 0.1) is 18.1 Å². The molecule has 4 heteroatoms. The third-order valence-electron chi connectivity index (χ3n) is 2.23. The van der Waals surface area contributed by atoms with Crippen LogP contribution in [0.2, 0.25) is 0 Å². The molecule has 1 heterocycles. The molecule has 0 aliphatic heterocycles. The summed E-state index contributed by atoms with van der Waals surface area (Å²) in [7, 11) is 2.07. The van der Waals surface area contributed by atoms with Crippen molar-refractivity contribution in [3.8, 4) is 0 Å². The van der Waals surface area contributed by atoms with Crippen molar-refractivity contribution in [1.29, 1.82) is 0 Å². The van der Waals surface area contributed by atoms with Crippen LogP contribution < -0.4 is 5.32 Å². The van der Waals surface area contributed by atoms with Crippen LogP contribution in [0.1, 0.15) is 26.0 Å². The predicted octanol–water partition coefficient (Wildman–Crippen LogP) is 1.75. The minimum atomic E-state index is 0.859. The quantitative estimate of drug-likeness (QED) is 0.773. The van der Waals surface area contributed by atoms with E-state index in [4.69, 9.17) is 0 Å². The first kappa shape index (κ1) is 11.9. The largest absolute Gasteiger partial charge is 0.369 e. The molecule has 0 aromatic carbocycles. The Bertz CT molecular complexity index is 270. The average Bonchev–Trinajstić information content (AvgIpc) is 2.28. The van der Waals surface area contributed by atoms with Crippen molar-refractivity contribution in [3.05, 3.63) is 18.1 Å². The maximum Gasteiger partial charge on any atom is 0.144 e. The van der Waals surface area contributed by atoms with Crippen LogP contribution in [0.5, 0.6) is 0 Å². The lowest BCUT2D eigenvalue weighted by atomic mass is 10.4. The highest BCUT2D eigenvalue weighted by molar-refractivity contribution is 5.30. The summed E-state index contributed by atoms with van der Waals surface area (Å²) in [6.07, 6.45) is 4.74. The molecule has 0 saturated heterocycles. The second-order valence-corrected chi connectivity index (χ2v) is 3.65. The number of aromatic nitrogens is 2. The van der Waals surface area contributed by atoms with Crippen LogP contribution in [-0.4, -0.2) is 35.0 Å². The van der Waals surface area contributed by atoms with Gasteiger partial charge in [0.15, 0.2) is 0 Å². The van der Waals surface area contributed by atoms with Crippen LogP contribution in [0.25, 0.3) is 0 Å². The Hall–Kier alpha value is -1.16. The molecule has 0 radical (unpaired) electrons. The lowest BCUT2D eigenvalue weighted by Gasteiger charge is -2.12. The highest BCUT2D eigenvalue weighted by Crippen LogP contribution is 2.02. The highest BCUT2D eigenvalue weighted by atomic mass is 15.1. The van der Waals surface area contributed by atoms with E-state index < -0.39 is 0 Å². The van der Waals surface area contributed by atoms with E-state index in [-0.39, 0.29) is 0 Å². The summed E-state index contributed by atoms with van der Waals surface area (Å²) in [6, 6.07) is 0. The molecule has 0 bridgehead atoms. The van der Waals surface area contributed by atoms with Gasteiger partial charge < -0.3 is 10.2 Å². The van der Waals surface area contributed by atoms with E-state index in [1.165, 1.54) is 0 Å². The lowest BCUT2D eigenvalue weighted by molar-refractivity contribution is 0.341. The summed E-state index contributed by atoms with van der Waals surface area (Å²) in [5, 5.41) is 3.20. The Morgan fingerprint density at radius 2 is 2.07 bits per heavy atom. The minimum Gasteiger partial charge on any atom is -0.369 e. The molecule has 4 nitrogen and oxygen atoms in total. The number of hydrogen-bond donors (Lipinski definition) is 1. The fourth-order valence-electron chi connectivity index (χ4n) is 1.17. The smallest absolute Gasteiger partial charge is 0.144 e. The Morgan fingerprint density at radius 1 is 1.27 bits per heavy atom. The summed E-state index contributed by atoms with van der Waals surface area (Å²) in [5.41, 5.74) is 1.02. The summed E-state index contributed by atoms with van der Waals surface area (Å²) < 4.78 is 0. The number of nitrogens with one attached hydrogen (secondary N) is 1. The van der Waals surface area contributed by atoms with E-state index >= 15 is 0 Å². The van der Waals surface area contributed by atoms with Crippen LogP contribution in [0.15, 0.2) is 12.4 Å². The molecular formula is C11H20N4. The van der Waals surface area contributed by atoms with Gasteiger partial charge >= 0.3 is 0 Å². The van der Waals surface area contributed by atoms with Crippen LogP contribution in [-0.2, 0) is 6.54 Å². The van der Waals surface area contributed by atoms with Crippen molar-refractivity contribution in [2.75, 3.05) is 25.5 Å². The number of nitrogens with zero attached hydrogens (tertiary/aromatic N) is 3. The second-order valence-electron chi connectivity index (χ2n) is 3.65. The van der Waals surface area contributed by atoms with Gasteiger partial charge in [-0.2, -0.15) is 0 Å². The zero-order valence-corrected chi connectivity index (χ0v) is 9.82. The molecule has 0 amide bonds. The monoisotopic (exact) mass is 208 g/mol. The van der Waals surface area contributed by atoms with Gasteiger partial charge in [-0.05, 0) is 20.0 Å². The standard InChI is InChI=1S/C11H20N4/c1-4-6-12-11-8-13-10(7-14-11)9-15(3)5-2/h7-8H,4-6,9H2,1-3H3,(H,12,14). The van der Waals surface area contributed by atoms with Crippen molar-refractivity contribution in [2.24, 2.45) is 0 Å². The number of anilines is 1. The van der Waals surface area contributed by atoms with Crippen molar-refractivity contribution >= 4 is 5.82 Å². The Labute approximate surface area is 91.7 Å². The Kier molecular flexibility index (Phi) is 5.04. The minimum absolute atomic E-state index is 0.859. The van der Waals surface area contributed by atoms with Crippen LogP contribution in [0.3, 0.4) is 0 Å². The van der Waals surface area contributed by atoms with E-state index in [2.05, 4.69) is 41.1 Å². The van der Waals surface area contributed by atoms with E-state index in [1.807, 2.05) is 6.20 Å². The lowest BCUT2D eigenvalue weighted by Crippen LogP contribution is -2.17. The van der Waals surface area contributed by atoms with Crippen LogP contribution in [0.4, 0.5) is 5.82 Å². The molecule has 15 heavy (non-hydrogen) atoms. The zero-order valence-electron chi connectivity index (χ0n) is 9.82. The molecule has 0 unspecified atom stereocenters. The summed E-state index contributed by atoms with van der Waals surface area (Å²) >= 11 is 0. The third-order valence-corrected chi connectivity index (χ3v) is 2.23.